The summed E-state index contributed by atoms with van der Waals surface area (Å²) >= 11 is 0. The fourth-order valence-electron chi connectivity index (χ4n) is 8.21. The maximum atomic E-state index is 12.5. The number of aliphatic hydroxyl groups is 1. The zero-order chi connectivity index (χ0) is 19.6. The van der Waals surface area contributed by atoms with Crippen molar-refractivity contribution in [2.24, 2.45) is 40.4 Å². The van der Waals surface area contributed by atoms with Crippen molar-refractivity contribution in [3.05, 3.63) is 0 Å². The number of carbonyl (C=O) groups excluding carboxylic acids is 2. The molecule has 4 rings (SSSR count). The van der Waals surface area contributed by atoms with Gasteiger partial charge in [-0.1, -0.05) is 13.8 Å². The molecule has 1 N–H and O–H groups in total. The van der Waals surface area contributed by atoms with E-state index in [4.69, 9.17) is 4.74 Å². The molecule has 27 heavy (non-hydrogen) atoms. The summed E-state index contributed by atoms with van der Waals surface area (Å²) < 4.78 is 5.94. The second-order valence-corrected chi connectivity index (χ2v) is 10.5. The van der Waals surface area contributed by atoms with Crippen LogP contribution in [0.1, 0.15) is 79.1 Å². The van der Waals surface area contributed by atoms with Gasteiger partial charge in [-0.3, -0.25) is 9.59 Å². The lowest BCUT2D eigenvalue weighted by atomic mass is 9.44. The Morgan fingerprint density at radius 2 is 1.70 bits per heavy atom. The molecular weight excluding hydrogens is 340 g/mol. The highest BCUT2D eigenvalue weighted by Crippen LogP contribution is 2.68. The third kappa shape index (κ3) is 2.81. The number of esters is 1. The molecule has 0 aromatic carbocycles. The van der Waals surface area contributed by atoms with E-state index in [0.29, 0.717) is 23.7 Å². The average molecular weight is 377 g/mol. The number of carbonyl (C=O) groups is 2. The van der Waals surface area contributed by atoms with E-state index >= 15 is 0 Å². The van der Waals surface area contributed by atoms with Crippen molar-refractivity contribution in [1.82, 2.24) is 0 Å². The van der Waals surface area contributed by atoms with Crippen LogP contribution < -0.4 is 0 Å². The van der Waals surface area contributed by atoms with Crippen molar-refractivity contribution in [2.45, 2.75) is 91.3 Å². The maximum absolute atomic E-state index is 12.5. The molecule has 4 nitrogen and oxygen atoms in total. The standard InChI is InChI=1S/C23H36O4/c1-13(24)18-7-8-19-17-6-5-15-11-16(26)9-10-22(15,3)20(17)12-21(23(18,19)4)27-14(2)25/h15-21,26H,5-12H2,1-4H3/t15-,16-,17+,18-,19+,20+,21+,22-,23+/m0/s1. The van der Waals surface area contributed by atoms with Crippen molar-refractivity contribution in [3.63, 3.8) is 0 Å². The first-order valence-corrected chi connectivity index (χ1v) is 11.0. The van der Waals surface area contributed by atoms with Crippen molar-refractivity contribution in [2.75, 3.05) is 0 Å². The summed E-state index contributed by atoms with van der Waals surface area (Å²) in [5.74, 6) is 2.28. The SMILES string of the molecule is CC(=O)O[C@@H]1C[C@@H]2[C@H](CC[C@H]3C[C@@H](O)CC[C@@]32C)[C@H]2CC[C@@H](C(C)=O)[C@]21C. The minimum absolute atomic E-state index is 0.0199. The van der Waals surface area contributed by atoms with E-state index in [1.54, 1.807) is 6.92 Å². The van der Waals surface area contributed by atoms with Crippen LogP contribution in [0.5, 0.6) is 0 Å². The predicted molar refractivity (Wildman–Crippen MR) is 103 cm³/mol. The van der Waals surface area contributed by atoms with Gasteiger partial charge in [0.1, 0.15) is 11.9 Å². The van der Waals surface area contributed by atoms with E-state index in [2.05, 4.69) is 13.8 Å². The first-order valence-electron chi connectivity index (χ1n) is 11.0. The second kappa shape index (κ2) is 6.57. The molecule has 0 spiro atoms. The van der Waals surface area contributed by atoms with Gasteiger partial charge in [-0.25, -0.2) is 0 Å². The summed E-state index contributed by atoms with van der Waals surface area (Å²) in [6.45, 7) is 7.89. The van der Waals surface area contributed by atoms with Gasteiger partial charge in [-0.2, -0.15) is 0 Å². The van der Waals surface area contributed by atoms with Gasteiger partial charge in [0.2, 0.25) is 0 Å². The molecule has 0 aromatic rings. The lowest BCUT2D eigenvalue weighted by Gasteiger charge is -2.62. The number of aliphatic hydroxyl groups excluding tert-OH is 1. The Balaban J connectivity index is 1.71. The topological polar surface area (TPSA) is 63.6 Å². The molecule has 4 heteroatoms. The Morgan fingerprint density at radius 3 is 2.37 bits per heavy atom. The molecule has 4 aliphatic carbocycles. The van der Waals surface area contributed by atoms with Gasteiger partial charge in [-0.15, -0.1) is 0 Å². The van der Waals surface area contributed by atoms with Crippen LogP contribution in [0.15, 0.2) is 0 Å². The molecule has 0 radical (unpaired) electrons. The molecule has 0 unspecified atom stereocenters. The fraction of sp³-hybridized carbons (Fsp3) is 0.913. The molecule has 0 heterocycles. The highest BCUT2D eigenvalue weighted by molar-refractivity contribution is 5.80. The van der Waals surface area contributed by atoms with Crippen LogP contribution >= 0.6 is 0 Å². The Bertz CT molecular complexity index is 630. The molecule has 9 atom stereocenters. The molecule has 4 fully saturated rings. The Kier molecular flexibility index (Phi) is 4.73. The van der Waals surface area contributed by atoms with Crippen LogP contribution in [-0.2, 0) is 14.3 Å². The normalized spacial score (nSPS) is 51.7. The number of rotatable bonds is 2. The molecule has 0 aromatic heterocycles. The molecule has 0 bridgehead atoms. The third-order valence-corrected chi connectivity index (χ3v) is 9.51. The van der Waals surface area contributed by atoms with Gasteiger partial charge < -0.3 is 9.84 Å². The number of Topliss-reactive ketones (excluding diaryl/α,β-unsaturated/α-hetero) is 1. The molecule has 4 saturated carbocycles. The second-order valence-electron chi connectivity index (χ2n) is 10.5. The number of hydrogen-bond acceptors (Lipinski definition) is 4. The first kappa shape index (κ1) is 19.4. The number of ketones is 1. The fourth-order valence-corrected chi connectivity index (χ4v) is 8.21. The smallest absolute Gasteiger partial charge is 0.302 e. The van der Waals surface area contributed by atoms with Crippen LogP contribution in [0, 0.1) is 40.4 Å². The molecule has 152 valence electrons. The van der Waals surface area contributed by atoms with E-state index in [9.17, 15) is 14.7 Å². The average Bonchev–Trinajstić information content (AvgIpc) is 2.95. The largest absolute Gasteiger partial charge is 0.462 e. The van der Waals surface area contributed by atoms with Gasteiger partial charge >= 0.3 is 5.97 Å². The van der Waals surface area contributed by atoms with Crippen molar-refractivity contribution >= 4 is 11.8 Å². The van der Waals surface area contributed by atoms with Gasteiger partial charge in [0.15, 0.2) is 0 Å². The molecule has 0 saturated heterocycles. The minimum Gasteiger partial charge on any atom is -0.462 e. The van der Waals surface area contributed by atoms with Crippen LogP contribution in [0.4, 0.5) is 0 Å². The van der Waals surface area contributed by atoms with E-state index < -0.39 is 0 Å². The van der Waals surface area contributed by atoms with E-state index in [1.807, 2.05) is 0 Å². The monoisotopic (exact) mass is 376 g/mol. The molecule has 0 aliphatic heterocycles. The van der Waals surface area contributed by atoms with Gasteiger partial charge in [0.25, 0.3) is 0 Å². The number of ether oxygens (including phenoxy) is 1. The maximum Gasteiger partial charge on any atom is 0.302 e. The van der Waals surface area contributed by atoms with E-state index in [1.165, 1.54) is 19.8 Å². The van der Waals surface area contributed by atoms with Crippen LogP contribution in [-0.4, -0.2) is 29.1 Å². The number of hydrogen-bond donors (Lipinski definition) is 1. The predicted octanol–water partition coefficient (Wildman–Crippen LogP) is 4.14. The highest BCUT2D eigenvalue weighted by atomic mass is 16.5. The summed E-state index contributed by atoms with van der Waals surface area (Å²) in [6, 6.07) is 0. The number of fused-ring (bicyclic) bond motifs is 5. The lowest BCUT2D eigenvalue weighted by Crippen LogP contribution is -2.59. The van der Waals surface area contributed by atoms with Crippen molar-refractivity contribution in [1.29, 1.82) is 0 Å². The quantitative estimate of drug-likeness (QED) is 0.736. The summed E-state index contributed by atoms with van der Waals surface area (Å²) in [4.78, 5) is 24.4. The van der Waals surface area contributed by atoms with Crippen molar-refractivity contribution in [3.8, 4) is 0 Å². The van der Waals surface area contributed by atoms with Crippen LogP contribution in [0.25, 0.3) is 0 Å². The van der Waals surface area contributed by atoms with Crippen LogP contribution in [0.3, 0.4) is 0 Å². The summed E-state index contributed by atoms with van der Waals surface area (Å²) in [5, 5.41) is 10.2. The zero-order valence-corrected chi connectivity index (χ0v) is 17.4. The Morgan fingerprint density at radius 1 is 0.963 bits per heavy atom. The van der Waals surface area contributed by atoms with Gasteiger partial charge in [0.05, 0.1) is 6.10 Å². The summed E-state index contributed by atoms with van der Waals surface area (Å²) in [7, 11) is 0. The van der Waals surface area contributed by atoms with Crippen molar-refractivity contribution < 1.29 is 19.4 Å². The van der Waals surface area contributed by atoms with E-state index in [0.717, 1.165) is 38.5 Å². The first-order chi connectivity index (χ1) is 12.7. The molecule has 0 amide bonds. The lowest BCUT2D eigenvalue weighted by molar-refractivity contribution is -0.194. The molecule has 4 aliphatic rings. The Hall–Kier alpha value is -0.900. The Labute approximate surface area is 163 Å². The third-order valence-electron chi connectivity index (χ3n) is 9.51. The summed E-state index contributed by atoms with van der Waals surface area (Å²) in [6.07, 6.45) is 7.92. The van der Waals surface area contributed by atoms with Gasteiger partial charge in [-0.05, 0) is 87.4 Å². The minimum atomic E-state index is -0.218. The molecular formula is C23H36O4. The highest BCUT2D eigenvalue weighted by Gasteiger charge is 2.65. The van der Waals surface area contributed by atoms with E-state index in [-0.39, 0.29) is 40.7 Å². The summed E-state index contributed by atoms with van der Waals surface area (Å²) in [5.41, 5.74) is 0.0201. The van der Waals surface area contributed by atoms with Gasteiger partial charge in [0, 0.05) is 18.3 Å². The zero-order valence-electron chi connectivity index (χ0n) is 17.4. The van der Waals surface area contributed by atoms with Crippen LogP contribution in [0.2, 0.25) is 0 Å².